The van der Waals surface area contributed by atoms with E-state index < -0.39 is 0 Å². The van der Waals surface area contributed by atoms with Crippen LogP contribution in [-0.2, 0) is 16.6 Å². The number of tetrazole rings is 1. The van der Waals surface area contributed by atoms with Gasteiger partial charge in [0.2, 0.25) is 17.0 Å². The van der Waals surface area contributed by atoms with Crippen molar-refractivity contribution in [2.24, 2.45) is 7.05 Å². The number of aryl methyl sites for hydroxylation is 1. The molecule has 164 valence electrons. The van der Waals surface area contributed by atoms with E-state index in [4.69, 9.17) is 0 Å². The second-order valence-corrected chi connectivity index (χ2v) is 8.06. The predicted molar refractivity (Wildman–Crippen MR) is 121 cm³/mol. The summed E-state index contributed by atoms with van der Waals surface area (Å²) in [5.74, 6) is -0.297. The first-order valence-electron chi connectivity index (χ1n) is 9.97. The highest BCUT2D eigenvalue weighted by Gasteiger charge is 2.24. The number of hydrogen-bond donors (Lipinski definition) is 2. The summed E-state index contributed by atoms with van der Waals surface area (Å²) in [6.45, 7) is 0.644. The highest BCUT2D eigenvalue weighted by molar-refractivity contribution is 7.99. The lowest BCUT2D eigenvalue weighted by Gasteiger charge is -2.20. The van der Waals surface area contributed by atoms with Crippen LogP contribution in [0.3, 0.4) is 0 Å². The molecule has 2 N–H and O–H groups in total. The minimum Gasteiger partial charge on any atom is -0.325 e. The van der Waals surface area contributed by atoms with E-state index in [0.29, 0.717) is 40.7 Å². The Morgan fingerprint density at radius 3 is 2.56 bits per heavy atom. The number of rotatable bonds is 7. The van der Waals surface area contributed by atoms with Crippen LogP contribution in [0.5, 0.6) is 0 Å². The molecule has 2 aromatic carbocycles. The number of thioether (sulfide) groups is 1. The number of nitrogens with zero attached hydrogens (tertiary/aromatic N) is 5. The molecule has 0 spiro atoms. The van der Waals surface area contributed by atoms with Gasteiger partial charge < -0.3 is 15.5 Å². The minimum atomic E-state index is -0.299. The van der Waals surface area contributed by atoms with Crippen molar-refractivity contribution in [3.63, 3.8) is 0 Å². The quantitative estimate of drug-likeness (QED) is 0.529. The van der Waals surface area contributed by atoms with Gasteiger partial charge in [0.15, 0.2) is 0 Å². The third-order valence-corrected chi connectivity index (χ3v) is 5.87. The van der Waals surface area contributed by atoms with Gasteiger partial charge in [-0.15, -0.1) is 5.10 Å². The summed E-state index contributed by atoms with van der Waals surface area (Å²) in [4.78, 5) is 38.7. The van der Waals surface area contributed by atoms with E-state index in [0.717, 1.165) is 6.42 Å². The van der Waals surface area contributed by atoms with Crippen LogP contribution < -0.4 is 15.5 Å². The molecule has 10 nitrogen and oxygen atoms in total. The molecular formula is C21H21N7O3S. The SMILES string of the molecule is Cn1nnnc1SCC(=O)Nc1ccc(C(=O)Nc2ccccc2N2CCCC2=O)cc1. The molecule has 0 aliphatic carbocycles. The third kappa shape index (κ3) is 4.94. The summed E-state index contributed by atoms with van der Waals surface area (Å²) in [7, 11) is 1.70. The Hall–Kier alpha value is -3.73. The van der Waals surface area contributed by atoms with Gasteiger partial charge in [0.25, 0.3) is 5.91 Å². The fraction of sp³-hybridized carbons (Fsp3) is 0.238. The third-order valence-electron chi connectivity index (χ3n) is 4.86. The molecule has 1 aliphatic heterocycles. The van der Waals surface area contributed by atoms with Crippen LogP contribution in [0.15, 0.2) is 53.7 Å². The van der Waals surface area contributed by atoms with Crippen molar-refractivity contribution in [3.8, 4) is 0 Å². The summed E-state index contributed by atoms with van der Waals surface area (Å²) < 4.78 is 1.49. The van der Waals surface area contributed by atoms with Gasteiger partial charge in [-0.1, -0.05) is 23.9 Å². The molecule has 1 saturated heterocycles. The Bertz CT molecular complexity index is 1150. The normalized spacial score (nSPS) is 13.3. The van der Waals surface area contributed by atoms with Gasteiger partial charge in [-0.25, -0.2) is 4.68 Å². The second kappa shape index (κ2) is 9.60. The predicted octanol–water partition coefficient (Wildman–Crippen LogP) is 2.32. The molecule has 0 bridgehead atoms. The van der Waals surface area contributed by atoms with Gasteiger partial charge in [0.05, 0.1) is 17.1 Å². The second-order valence-electron chi connectivity index (χ2n) is 7.12. The number of amides is 3. The molecule has 3 aromatic rings. The monoisotopic (exact) mass is 451 g/mol. The molecule has 4 rings (SSSR count). The first-order chi connectivity index (χ1) is 15.5. The van der Waals surface area contributed by atoms with Crippen LogP contribution in [0.1, 0.15) is 23.2 Å². The minimum absolute atomic E-state index is 0.0559. The van der Waals surface area contributed by atoms with E-state index in [1.54, 1.807) is 42.3 Å². The van der Waals surface area contributed by atoms with E-state index in [2.05, 4.69) is 26.2 Å². The average Bonchev–Trinajstić information content (AvgIpc) is 3.41. The molecule has 32 heavy (non-hydrogen) atoms. The molecule has 0 unspecified atom stereocenters. The van der Waals surface area contributed by atoms with Crippen LogP contribution in [0, 0.1) is 0 Å². The van der Waals surface area contributed by atoms with Crippen LogP contribution in [0.25, 0.3) is 0 Å². The highest BCUT2D eigenvalue weighted by atomic mass is 32.2. The fourth-order valence-corrected chi connectivity index (χ4v) is 3.94. The Balaban J connectivity index is 1.36. The van der Waals surface area contributed by atoms with E-state index in [1.165, 1.54) is 16.4 Å². The number of carbonyl (C=O) groups excluding carboxylic acids is 3. The summed E-state index contributed by atoms with van der Waals surface area (Å²) in [5.41, 5.74) is 2.29. The molecule has 0 saturated carbocycles. The van der Waals surface area contributed by atoms with Gasteiger partial charge in [-0.05, 0) is 53.2 Å². The van der Waals surface area contributed by atoms with Crippen molar-refractivity contribution >= 4 is 46.5 Å². The number of nitrogens with one attached hydrogen (secondary N) is 2. The van der Waals surface area contributed by atoms with Gasteiger partial charge >= 0.3 is 0 Å². The zero-order chi connectivity index (χ0) is 22.5. The van der Waals surface area contributed by atoms with Crippen LogP contribution in [-0.4, -0.2) is 50.2 Å². The number of carbonyl (C=O) groups is 3. The van der Waals surface area contributed by atoms with Crippen LogP contribution in [0.2, 0.25) is 0 Å². The van der Waals surface area contributed by atoms with Crippen LogP contribution in [0.4, 0.5) is 17.1 Å². The lowest BCUT2D eigenvalue weighted by molar-refractivity contribution is -0.117. The maximum absolute atomic E-state index is 12.7. The average molecular weight is 452 g/mol. The Kier molecular flexibility index (Phi) is 6.45. The molecule has 1 fully saturated rings. The van der Waals surface area contributed by atoms with Gasteiger partial charge in [-0.3, -0.25) is 14.4 Å². The Labute approximate surface area is 188 Å². The zero-order valence-corrected chi connectivity index (χ0v) is 18.1. The Morgan fingerprint density at radius 1 is 1.09 bits per heavy atom. The first kappa shape index (κ1) is 21.5. The van der Waals surface area contributed by atoms with Crippen molar-refractivity contribution in [2.75, 3.05) is 27.8 Å². The molecule has 0 radical (unpaired) electrons. The molecule has 2 heterocycles. The molecule has 3 amide bonds. The smallest absolute Gasteiger partial charge is 0.255 e. The van der Waals surface area contributed by atoms with Crippen molar-refractivity contribution in [2.45, 2.75) is 18.0 Å². The van der Waals surface area contributed by atoms with Crippen molar-refractivity contribution < 1.29 is 14.4 Å². The number of benzene rings is 2. The number of para-hydroxylation sites is 2. The summed E-state index contributed by atoms with van der Waals surface area (Å²) in [6.07, 6.45) is 1.33. The molecule has 11 heteroatoms. The van der Waals surface area contributed by atoms with Crippen molar-refractivity contribution in [1.82, 2.24) is 20.2 Å². The summed E-state index contributed by atoms with van der Waals surface area (Å²) in [6, 6.07) is 13.8. The largest absolute Gasteiger partial charge is 0.325 e. The highest BCUT2D eigenvalue weighted by Crippen LogP contribution is 2.29. The molecule has 1 aromatic heterocycles. The van der Waals surface area contributed by atoms with E-state index in [1.807, 2.05) is 18.2 Å². The number of anilines is 3. The van der Waals surface area contributed by atoms with Crippen molar-refractivity contribution in [3.05, 3.63) is 54.1 Å². The van der Waals surface area contributed by atoms with Gasteiger partial charge in [0.1, 0.15) is 0 Å². The lowest BCUT2D eigenvalue weighted by Crippen LogP contribution is -2.25. The number of hydrogen-bond acceptors (Lipinski definition) is 7. The van der Waals surface area contributed by atoms with Gasteiger partial charge in [-0.2, -0.15) is 0 Å². The van der Waals surface area contributed by atoms with Crippen molar-refractivity contribution in [1.29, 1.82) is 0 Å². The topological polar surface area (TPSA) is 122 Å². The number of aromatic nitrogens is 4. The standard InChI is InChI=1S/C21H21N7O3S/c1-27-21(24-25-26-27)32-13-18(29)22-15-10-8-14(9-11-15)20(31)23-16-5-2-3-6-17(16)28-12-4-7-19(28)30/h2-3,5-6,8-11H,4,7,12-13H2,1H3,(H,22,29)(H,23,31). The lowest BCUT2D eigenvalue weighted by atomic mass is 10.1. The maximum atomic E-state index is 12.7. The molecular weight excluding hydrogens is 430 g/mol. The first-order valence-corrected chi connectivity index (χ1v) is 11.0. The maximum Gasteiger partial charge on any atom is 0.255 e. The summed E-state index contributed by atoms with van der Waals surface area (Å²) >= 11 is 1.22. The van der Waals surface area contributed by atoms with E-state index in [-0.39, 0.29) is 23.5 Å². The van der Waals surface area contributed by atoms with Crippen LogP contribution >= 0.6 is 11.8 Å². The molecule has 1 aliphatic rings. The van der Waals surface area contributed by atoms with Gasteiger partial charge in [0, 0.05) is 31.3 Å². The van der Waals surface area contributed by atoms with E-state index >= 15 is 0 Å². The Morgan fingerprint density at radius 2 is 1.88 bits per heavy atom. The summed E-state index contributed by atoms with van der Waals surface area (Å²) in [5, 5.41) is 17.3. The zero-order valence-electron chi connectivity index (χ0n) is 17.3. The fourth-order valence-electron chi connectivity index (χ4n) is 3.29. The van der Waals surface area contributed by atoms with E-state index in [9.17, 15) is 14.4 Å². The molecule has 0 atom stereocenters.